The Morgan fingerprint density at radius 3 is 2.69 bits per heavy atom. The summed E-state index contributed by atoms with van der Waals surface area (Å²) < 4.78 is 0. The van der Waals surface area contributed by atoms with Crippen LogP contribution < -0.4 is 5.32 Å². The molecular weight excluding hydrogens is 198 g/mol. The largest absolute Gasteiger partial charge is 0.352 e. The van der Waals surface area contributed by atoms with E-state index in [1.54, 1.807) is 0 Å². The zero-order valence-corrected chi connectivity index (χ0v) is 9.78. The molecule has 0 spiro atoms. The Morgan fingerprint density at radius 2 is 2.06 bits per heavy atom. The molecule has 0 heterocycles. The predicted octanol–water partition coefficient (Wildman–Crippen LogP) is 2.74. The molecule has 86 valence electrons. The second-order valence-electron chi connectivity index (χ2n) is 4.78. The SMILES string of the molecule is CC(CC1CC1)C(=O)NCc1ccccc1. The van der Waals surface area contributed by atoms with Crippen LogP contribution in [0.25, 0.3) is 0 Å². The average Bonchev–Trinajstić information content (AvgIpc) is 3.11. The van der Waals surface area contributed by atoms with Crippen LogP contribution in [0.2, 0.25) is 0 Å². The van der Waals surface area contributed by atoms with Crippen molar-refractivity contribution in [3.05, 3.63) is 35.9 Å². The normalized spacial score (nSPS) is 16.8. The fourth-order valence-corrected chi connectivity index (χ4v) is 1.92. The number of carbonyl (C=O) groups is 1. The van der Waals surface area contributed by atoms with Crippen LogP contribution in [0.5, 0.6) is 0 Å². The number of benzene rings is 1. The molecule has 2 heteroatoms. The van der Waals surface area contributed by atoms with Crippen molar-refractivity contribution in [2.75, 3.05) is 0 Å². The maximum Gasteiger partial charge on any atom is 0.223 e. The molecule has 2 rings (SSSR count). The second-order valence-corrected chi connectivity index (χ2v) is 4.78. The molecule has 1 aromatic rings. The fourth-order valence-electron chi connectivity index (χ4n) is 1.92. The summed E-state index contributed by atoms with van der Waals surface area (Å²) >= 11 is 0. The van der Waals surface area contributed by atoms with E-state index in [9.17, 15) is 4.79 Å². The zero-order chi connectivity index (χ0) is 11.4. The topological polar surface area (TPSA) is 29.1 Å². The van der Waals surface area contributed by atoms with E-state index in [0.717, 1.165) is 17.9 Å². The molecule has 16 heavy (non-hydrogen) atoms. The minimum absolute atomic E-state index is 0.163. The molecule has 1 amide bonds. The van der Waals surface area contributed by atoms with Gasteiger partial charge in [0.2, 0.25) is 5.91 Å². The van der Waals surface area contributed by atoms with Crippen LogP contribution in [-0.4, -0.2) is 5.91 Å². The van der Waals surface area contributed by atoms with Gasteiger partial charge in [-0.25, -0.2) is 0 Å². The maximum absolute atomic E-state index is 11.8. The standard InChI is InChI=1S/C14H19NO/c1-11(9-12-7-8-12)14(16)15-10-13-5-3-2-4-6-13/h2-6,11-12H,7-10H2,1H3,(H,15,16). The van der Waals surface area contributed by atoms with E-state index in [2.05, 4.69) is 5.32 Å². The molecule has 1 N–H and O–H groups in total. The Hall–Kier alpha value is -1.31. The zero-order valence-electron chi connectivity index (χ0n) is 9.78. The Kier molecular flexibility index (Phi) is 3.60. The van der Waals surface area contributed by atoms with Gasteiger partial charge in [0, 0.05) is 12.5 Å². The summed E-state index contributed by atoms with van der Waals surface area (Å²) in [7, 11) is 0. The third kappa shape index (κ3) is 3.37. The summed E-state index contributed by atoms with van der Waals surface area (Å²) in [6, 6.07) is 10.0. The number of amides is 1. The van der Waals surface area contributed by atoms with Crippen molar-refractivity contribution in [2.24, 2.45) is 11.8 Å². The van der Waals surface area contributed by atoms with Gasteiger partial charge in [-0.05, 0) is 17.9 Å². The number of rotatable bonds is 5. The molecule has 0 bridgehead atoms. The molecule has 1 unspecified atom stereocenters. The Bertz CT molecular complexity index is 343. The molecule has 1 fully saturated rings. The van der Waals surface area contributed by atoms with Gasteiger partial charge >= 0.3 is 0 Å². The first-order valence-electron chi connectivity index (χ1n) is 6.07. The molecule has 1 aliphatic rings. The summed E-state index contributed by atoms with van der Waals surface area (Å²) in [5.74, 6) is 1.17. The first-order chi connectivity index (χ1) is 7.75. The number of nitrogens with one attached hydrogen (secondary N) is 1. The minimum Gasteiger partial charge on any atom is -0.352 e. The molecule has 0 aliphatic heterocycles. The summed E-state index contributed by atoms with van der Waals surface area (Å²) in [6.07, 6.45) is 3.69. The van der Waals surface area contributed by atoms with Gasteiger partial charge in [-0.3, -0.25) is 4.79 Å². The third-order valence-corrected chi connectivity index (χ3v) is 3.14. The van der Waals surface area contributed by atoms with Crippen LogP contribution in [0.3, 0.4) is 0 Å². The fraction of sp³-hybridized carbons (Fsp3) is 0.500. The van der Waals surface area contributed by atoms with Crippen molar-refractivity contribution in [3.8, 4) is 0 Å². The molecule has 1 aromatic carbocycles. The lowest BCUT2D eigenvalue weighted by Gasteiger charge is -2.11. The van der Waals surface area contributed by atoms with Gasteiger partial charge < -0.3 is 5.32 Å². The molecule has 0 radical (unpaired) electrons. The minimum atomic E-state index is 0.163. The molecule has 2 nitrogen and oxygen atoms in total. The Morgan fingerprint density at radius 1 is 1.38 bits per heavy atom. The van der Waals surface area contributed by atoms with Gasteiger partial charge in [0.15, 0.2) is 0 Å². The van der Waals surface area contributed by atoms with Crippen molar-refractivity contribution in [3.63, 3.8) is 0 Å². The second kappa shape index (κ2) is 5.15. The van der Waals surface area contributed by atoms with E-state index >= 15 is 0 Å². The number of carbonyl (C=O) groups excluding carboxylic acids is 1. The van der Waals surface area contributed by atoms with Gasteiger partial charge in [-0.15, -0.1) is 0 Å². The number of hydrogen-bond donors (Lipinski definition) is 1. The van der Waals surface area contributed by atoms with Gasteiger partial charge in [0.25, 0.3) is 0 Å². The summed E-state index contributed by atoms with van der Waals surface area (Å²) in [5.41, 5.74) is 1.16. The molecule has 1 saturated carbocycles. The van der Waals surface area contributed by atoms with Crippen molar-refractivity contribution >= 4 is 5.91 Å². The molecule has 0 saturated heterocycles. The van der Waals surface area contributed by atoms with Gasteiger partial charge in [-0.2, -0.15) is 0 Å². The van der Waals surface area contributed by atoms with Crippen molar-refractivity contribution in [1.29, 1.82) is 0 Å². The van der Waals surface area contributed by atoms with Crippen LogP contribution >= 0.6 is 0 Å². The predicted molar refractivity (Wildman–Crippen MR) is 64.8 cm³/mol. The highest BCUT2D eigenvalue weighted by molar-refractivity contribution is 5.78. The van der Waals surface area contributed by atoms with Crippen molar-refractivity contribution in [1.82, 2.24) is 5.32 Å². The van der Waals surface area contributed by atoms with E-state index in [1.807, 2.05) is 37.3 Å². The lowest BCUT2D eigenvalue weighted by atomic mass is 10.0. The van der Waals surface area contributed by atoms with E-state index in [1.165, 1.54) is 12.8 Å². The highest BCUT2D eigenvalue weighted by atomic mass is 16.1. The van der Waals surface area contributed by atoms with Crippen LogP contribution in [0.15, 0.2) is 30.3 Å². The Balaban J connectivity index is 1.74. The lowest BCUT2D eigenvalue weighted by Crippen LogP contribution is -2.28. The summed E-state index contributed by atoms with van der Waals surface area (Å²) in [5, 5.41) is 2.99. The first kappa shape index (κ1) is 11.2. The lowest BCUT2D eigenvalue weighted by molar-refractivity contribution is -0.124. The van der Waals surface area contributed by atoms with Crippen molar-refractivity contribution in [2.45, 2.75) is 32.7 Å². The molecule has 1 atom stereocenters. The van der Waals surface area contributed by atoms with Crippen LogP contribution in [0, 0.1) is 11.8 Å². The molecule has 1 aliphatic carbocycles. The maximum atomic E-state index is 11.8. The molecular formula is C14H19NO. The van der Waals surface area contributed by atoms with E-state index in [0.29, 0.717) is 6.54 Å². The van der Waals surface area contributed by atoms with E-state index in [4.69, 9.17) is 0 Å². The van der Waals surface area contributed by atoms with E-state index < -0.39 is 0 Å². The van der Waals surface area contributed by atoms with Gasteiger partial charge in [0.1, 0.15) is 0 Å². The van der Waals surface area contributed by atoms with Crippen molar-refractivity contribution < 1.29 is 4.79 Å². The monoisotopic (exact) mass is 217 g/mol. The van der Waals surface area contributed by atoms with Crippen LogP contribution in [-0.2, 0) is 11.3 Å². The summed E-state index contributed by atoms with van der Waals surface area (Å²) in [6.45, 7) is 2.67. The van der Waals surface area contributed by atoms with Crippen LogP contribution in [0.1, 0.15) is 31.7 Å². The highest BCUT2D eigenvalue weighted by Crippen LogP contribution is 2.35. The highest BCUT2D eigenvalue weighted by Gasteiger charge is 2.26. The quantitative estimate of drug-likeness (QED) is 0.807. The third-order valence-electron chi connectivity index (χ3n) is 3.14. The molecule has 0 aromatic heterocycles. The van der Waals surface area contributed by atoms with Gasteiger partial charge in [-0.1, -0.05) is 50.1 Å². The first-order valence-corrected chi connectivity index (χ1v) is 6.07. The van der Waals surface area contributed by atoms with Gasteiger partial charge in [0.05, 0.1) is 0 Å². The summed E-state index contributed by atoms with van der Waals surface area (Å²) in [4.78, 5) is 11.8. The number of hydrogen-bond acceptors (Lipinski definition) is 1. The smallest absolute Gasteiger partial charge is 0.223 e. The Labute approximate surface area is 97.1 Å². The van der Waals surface area contributed by atoms with E-state index in [-0.39, 0.29) is 11.8 Å². The average molecular weight is 217 g/mol. The van der Waals surface area contributed by atoms with Crippen LogP contribution in [0.4, 0.5) is 0 Å².